The number of aliphatic hydroxyl groups is 1. The number of nitrogens with two attached hydrogens (primary N) is 2. The lowest BCUT2D eigenvalue weighted by Gasteiger charge is -2.13. The summed E-state index contributed by atoms with van der Waals surface area (Å²) in [6.07, 6.45) is 10.9. The van der Waals surface area contributed by atoms with Gasteiger partial charge in [0.2, 0.25) is 5.95 Å². The summed E-state index contributed by atoms with van der Waals surface area (Å²) in [6.45, 7) is 0.0163. The number of ether oxygens (including phenoxy) is 1. The first-order valence-electron chi connectivity index (χ1n) is 6.04. The molecule has 20 heavy (non-hydrogen) atoms. The van der Waals surface area contributed by atoms with Gasteiger partial charge >= 0.3 is 0 Å². The molecule has 0 amide bonds. The number of hydrogen-bond acceptors (Lipinski definition) is 7. The Morgan fingerprint density at radius 1 is 1.35 bits per heavy atom. The second kappa shape index (κ2) is 5.73. The van der Waals surface area contributed by atoms with Crippen LogP contribution in [0.3, 0.4) is 0 Å². The Kier molecular flexibility index (Phi) is 4.02. The highest BCUT2D eigenvalue weighted by molar-refractivity contribution is 5.82. The van der Waals surface area contributed by atoms with Gasteiger partial charge in [-0.05, 0) is 12.8 Å². The summed E-state index contributed by atoms with van der Waals surface area (Å²) < 4.78 is 7.45. The van der Waals surface area contributed by atoms with E-state index in [9.17, 15) is 0 Å². The van der Waals surface area contributed by atoms with Crippen molar-refractivity contribution in [1.29, 1.82) is 0 Å². The van der Waals surface area contributed by atoms with Gasteiger partial charge in [-0.15, -0.1) is 12.8 Å². The molecule has 0 spiro atoms. The average molecular weight is 276 g/mol. The number of rotatable bonds is 2. The molecule has 1 saturated heterocycles. The van der Waals surface area contributed by atoms with Gasteiger partial charge in [-0.25, -0.2) is 4.98 Å². The van der Waals surface area contributed by atoms with E-state index in [2.05, 4.69) is 27.8 Å². The highest BCUT2D eigenvalue weighted by atomic mass is 16.5. The quantitative estimate of drug-likeness (QED) is 0.654. The predicted molar refractivity (Wildman–Crippen MR) is 74.3 cm³/mol. The van der Waals surface area contributed by atoms with Crippen molar-refractivity contribution in [2.45, 2.75) is 25.2 Å². The first-order chi connectivity index (χ1) is 9.69. The van der Waals surface area contributed by atoms with Crippen molar-refractivity contribution in [3.8, 4) is 12.8 Å². The smallest absolute Gasteiger partial charge is 0.224 e. The number of nitrogens with zero attached hydrogens (tertiary/aromatic N) is 4. The van der Waals surface area contributed by atoms with E-state index in [1.165, 1.54) is 0 Å². The van der Waals surface area contributed by atoms with Gasteiger partial charge in [0.15, 0.2) is 11.5 Å². The molecule has 1 fully saturated rings. The number of aromatic nitrogens is 4. The molecule has 1 aliphatic heterocycles. The van der Waals surface area contributed by atoms with Crippen LogP contribution < -0.4 is 11.5 Å². The standard InChI is InChI=1S/C10H14N6O2.C2H2/c11-8-7-9(15-10(12)14-8)16(4-13-7)6-2-1-5(3-17)18-6;1-2/h4-6,17H,1-3H2,(H4,11,12,14,15);1-2H. The number of nitrogen functional groups attached to an aromatic ring is 2. The SMILES string of the molecule is C#C.Nc1nc(N)c2ncn(C3CCC(CO)O3)c2n1. The molecule has 0 aromatic carbocycles. The third kappa shape index (κ3) is 2.36. The Morgan fingerprint density at radius 3 is 2.75 bits per heavy atom. The molecule has 3 rings (SSSR count). The molecule has 0 bridgehead atoms. The molecule has 5 N–H and O–H groups in total. The first kappa shape index (κ1) is 14.0. The third-order valence-electron chi connectivity index (χ3n) is 3.06. The minimum Gasteiger partial charge on any atom is -0.394 e. The van der Waals surface area contributed by atoms with Crippen LogP contribution >= 0.6 is 0 Å². The van der Waals surface area contributed by atoms with Crippen LogP contribution in [-0.4, -0.2) is 37.3 Å². The third-order valence-corrected chi connectivity index (χ3v) is 3.06. The van der Waals surface area contributed by atoms with Crippen molar-refractivity contribution in [1.82, 2.24) is 19.5 Å². The molecular formula is C12H16N6O2. The molecule has 0 radical (unpaired) electrons. The second-order valence-electron chi connectivity index (χ2n) is 4.26. The minimum atomic E-state index is -0.194. The average Bonchev–Trinajstić information content (AvgIpc) is 3.06. The summed E-state index contributed by atoms with van der Waals surface area (Å²) in [6, 6.07) is 0. The van der Waals surface area contributed by atoms with Gasteiger partial charge in [-0.2, -0.15) is 9.97 Å². The Labute approximate surface area is 115 Å². The van der Waals surface area contributed by atoms with E-state index < -0.39 is 0 Å². The molecule has 106 valence electrons. The van der Waals surface area contributed by atoms with E-state index in [4.69, 9.17) is 21.3 Å². The fourth-order valence-corrected chi connectivity index (χ4v) is 2.19. The van der Waals surface area contributed by atoms with Crippen molar-refractivity contribution >= 4 is 22.9 Å². The highest BCUT2D eigenvalue weighted by Crippen LogP contribution is 2.30. The molecule has 0 aliphatic carbocycles. The van der Waals surface area contributed by atoms with Crippen molar-refractivity contribution in [3.63, 3.8) is 0 Å². The van der Waals surface area contributed by atoms with E-state index >= 15 is 0 Å². The van der Waals surface area contributed by atoms with Crippen LogP contribution in [0.4, 0.5) is 11.8 Å². The second-order valence-corrected chi connectivity index (χ2v) is 4.26. The van der Waals surface area contributed by atoms with Gasteiger partial charge in [0, 0.05) is 0 Å². The van der Waals surface area contributed by atoms with Crippen molar-refractivity contribution in [2.24, 2.45) is 0 Å². The van der Waals surface area contributed by atoms with E-state index in [0.717, 1.165) is 12.8 Å². The largest absolute Gasteiger partial charge is 0.394 e. The number of anilines is 2. The maximum atomic E-state index is 9.07. The van der Waals surface area contributed by atoms with E-state index in [1.54, 1.807) is 10.9 Å². The van der Waals surface area contributed by atoms with Gasteiger partial charge in [-0.3, -0.25) is 4.57 Å². The summed E-state index contributed by atoms with van der Waals surface area (Å²) in [7, 11) is 0. The van der Waals surface area contributed by atoms with Gasteiger partial charge in [-0.1, -0.05) is 0 Å². The molecule has 3 heterocycles. The molecule has 2 atom stereocenters. The fraction of sp³-hybridized carbons (Fsp3) is 0.417. The Bertz CT molecular complexity index is 623. The predicted octanol–water partition coefficient (Wildman–Crippen LogP) is -0.0900. The number of aliphatic hydroxyl groups excluding tert-OH is 1. The van der Waals surface area contributed by atoms with E-state index in [0.29, 0.717) is 11.2 Å². The van der Waals surface area contributed by atoms with Gasteiger partial charge in [0.05, 0.1) is 19.0 Å². The molecular weight excluding hydrogens is 260 g/mol. The lowest BCUT2D eigenvalue weighted by molar-refractivity contribution is -0.0207. The number of hydrogen-bond donors (Lipinski definition) is 3. The van der Waals surface area contributed by atoms with Crippen molar-refractivity contribution < 1.29 is 9.84 Å². The van der Waals surface area contributed by atoms with Crippen LogP contribution in [0.1, 0.15) is 19.1 Å². The molecule has 2 aromatic rings. The molecule has 8 nitrogen and oxygen atoms in total. The van der Waals surface area contributed by atoms with Crippen LogP contribution in [0.15, 0.2) is 6.33 Å². The zero-order chi connectivity index (χ0) is 14.7. The lowest BCUT2D eigenvalue weighted by Crippen LogP contribution is -2.14. The van der Waals surface area contributed by atoms with Crippen LogP contribution in [0.5, 0.6) is 0 Å². The van der Waals surface area contributed by atoms with Crippen molar-refractivity contribution in [2.75, 3.05) is 18.1 Å². The van der Waals surface area contributed by atoms with E-state index in [1.807, 2.05) is 0 Å². The number of terminal acetylenes is 1. The highest BCUT2D eigenvalue weighted by Gasteiger charge is 2.27. The van der Waals surface area contributed by atoms with Crippen LogP contribution in [-0.2, 0) is 4.74 Å². The minimum absolute atomic E-state index is 0.0163. The summed E-state index contributed by atoms with van der Waals surface area (Å²) in [5.41, 5.74) is 12.4. The Balaban J connectivity index is 0.000000704. The summed E-state index contributed by atoms with van der Waals surface area (Å²) in [5, 5.41) is 9.07. The molecule has 2 unspecified atom stereocenters. The van der Waals surface area contributed by atoms with Gasteiger partial charge in [0.25, 0.3) is 0 Å². The summed E-state index contributed by atoms with van der Waals surface area (Å²) >= 11 is 0. The Morgan fingerprint density at radius 2 is 2.10 bits per heavy atom. The van der Waals surface area contributed by atoms with Crippen LogP contribution in [0, 0.1) is 12.8 Å². The zero-order valence-corrected chi connectivity index (χ0v) is 10.8. The Hall–Kier alpha value is -2.37. The maximum Gasteiger partial charge on any atom is 0.224 e. The molecule has 0 saturated carbocycles. The molecule has 2 aromatic heterocycles. The topological polar surface area (TPSA) is 125 Å². The first-order valence-corrected chi connectivity index (χ1v) is 6.04. The molecule has 1 aliphatic rings. The number of fused-ring (bicyclic) bond motifs is 1. The van der Waals surface area contributed by atoms with Gasteiger partial charge in [0.1, 0.15) is 11.7 Å². The monoisotopic (exact) mass is 276 g/mol. The molecule has 8 heteroatoms. The lowest BCUT2D eigenvalue weighted by atomic mass is 10.2. The fourth-order valence-electron chi connectivity index (χ4n) is 2.19. The van der Waals surface area contributed by atoms with Crippen LogP contribution in [0.2, 0.25) is 0 Å². The van der Waals surface area contributed by atoms with Crippen molar-refractivity contribution in [3.05, 3.63) is 6.33 Å². The summed E-state index contributed by atoms with van der Waals surface area (Å²) in [4.78, 5) is 12.2. The van der Waals surface area contributed by atoms with Gasteiger partial charge < -0.3 is 21.3 Å². The normalized spacial score (nSPS) is 21.6. The summed E-state index contributed by atoms with van der Waals surface area (Å²) in [5.74, 6) is 0.367. The number of imidazole rings is 1. The van der Waals surface area contributed by atoms with E-state index in [-0.39, 0.29) is 30.7 Å². The zero-order valence-electron chi connectivity index (χ0n) is 10.8. The maximum absolute atomic E-state index is 9.07. The van der Waals surface area contributed by atoms with Crippen LogP contribution in [0.25, 0.3) is 11.2 Å².